The highest BCUT2D eigenvalue weighted by atomic mass is 32.2. The van der Waals surface area contributed by atoms with Crippen molar-refractivity contribution in [1.29, 1.82) is 0 Å². The van der Waals surface area contributed by atoms with Gasteiger partial charge >= 0.3 is 0 Å². The van der Waals surface area contributed by atoms with E-state index in [0.717, 1.165) is 13.0 Å². The molecule has 106 valence electrons. The first-order valence-corrected chi connectivity index (χ1v) is 7.75. The maximum atomic E-state index is 13.2. The molecule has 0 bridgehead atoms. The smallest absolute Gasteiger partial charge is 0.241 e. The normalized spacial score (nSPS) is 20.9. The predicted octanol–water partition coefficient (Wildman–Crippen LogP) is 1.42. The minimum atomic E-state index is -3.59. The number of nitrogens with zero attached hydrogens (tertiary/aromatic N) is 1. The van der Waals surface area contributed by atoms with Crippen LogP contribution in [-0.2, 0) is 10.0 Å². The van der Waals surface area contributed by atoms with Crippen LogP contribution >= 0.6 is 0 Å². The Balaban J connectivity index is 2.30. The first-order chi connectivity index (χ1) is 8.79. The van der Waals surface area contributed by atoms with Gasteiger partial charge in [-0.05, 0) is 57.1 Å². The Morgan fingerprint density at radius 2 is 1.89 bits per heavy atom. The molecule has 0 aliphatic carbocycles. The van der Waals surface area contributed by atoms with Crippen LogP contribution in [0.1, 0.15) is 17.5 Å². The molecule has 0 aromatic heterocycles. The van der Waals surface area contributed by atoms with Gasteiger partial charge in [-0.25, -0.2) is 17.5 Å². The number of likely N-dealkylation sites (N-methyl/N-ethyl adjacent to an activating group) is 1. The molecule has 1 saturated heterocycles. The van der Waals surface area contributed by atoms with Crippen molar-refractivity contribution in [3.05, 3.63) is 29.1 Å². The zero-order valence-electron chi connectivity index (χ0n) is 11.4. The molecule has 1 N–H and O–H groups in total. The molecule has 1 aliphatic rings. The van der Waals surface area contributed by atoms with E-state index >= 15 is 0 Å². The molecular formula is C13H19FN2O2S. The van der Waals surface area contributed by atoms with E-state index < -0.39 is 15.8 Å². The lowest BCUT2D eigenvalue weighted by Gasteiger charge is -2.16. The molecule has 6 heteroatoms. The van der Waals surface area contributed by atoms with E-state index in [1.54, 1.807) is 13.8 Å². The van der Waals surface area contributed by atoms with Gasteiger partial charge in [-0.1, -0.05) is 0 Å². The summed E-state index contributed by atoms with van der Waals surface area (Å²) in [6, 6.07) is 2.43. The number of likely N-dealkylation sites (tertiary alicyclic amines) is 1. The second-order valence-corrected chi connectivity index (χ2v) is 6.89. The monoisotopic (exact) mass is 286 g/mol. The number of halogens is 1. The Bertz CT molecular complexity index is 563. The molecule has 0 saturated carbocycles. The molecule has 1 atom stereocenters. The molecule has 0 spiro atoms. The molecular weight excluding hydrogens is 267 g/mol. The summed E-state index contributed by atoms with van der Waals surface area (Å²) >= 11 is 0. The van der Waals surface area contributed by atoms with E-state index in [2.05, 4.69) is 9.62 Å². The zero-order valence-corrected chi connectivity index (χ0v) is 12.2. The van der Waals surface area contributed by atoms with Crippen molar-refractivity contribution in [1.82, 2.24) is 9.62 Å². The number of rotatable bonds is 3. The van der Waals surface area contributed by atoms with Crippen molar-refractivity contribution >= 4 is 10.0 Å². The summed E-state index contributed by atoms with van der Waals surface area (Å²) in [7, 11) is -1.63. The lowest BCUT2D eigenvalue weighted by molar-refractivity contribution is 0.407. The van der Waals surface area contributed by atoms with Gasteiger partial charge in [0.25, 0.3) is 0 Å². The molecule has 2 rings (SSSR count). The summed E-state index contributed by atoms with van der Waals surface area (Å²) in [5, 5.41) is 0. The molecule has 1 fully saturated rings. The van der Waals surface area contributed by atoms with Crippen LogP contribution in [0.2, 0.25) is 0 Å². The summed E-state index contributed by atoms with van der Waals surface area (Å²) in [6.45, 7) is 4.82. The lowest BCUT2D eigenvalue weighted by atomic mass is 10.1. The van der Waals surface area contributed by atoms with Crippen molar-refractivity contribution < 1.29 is 12.8 Å². The zero-order chi connectivity index (χ0) is 14.2. The third-order valence-corrected chi connectivity index (χ3v) is 5.23. The van der Waals surface area contributed by atoms with Gasteiger partial charge in [-0.15, -0.1) is 0 Å². The van der Waals surface area contributed by atoms with Crippen LogP contribution in [0.3, 0.4) is 0 Å². The van der Waals surface area contributed by atoms with Crippen LogP contribution in [0.4, 0.5) is 4.39 Å². The molecule has 0 radical (unpaired) electrons. The SMILES string of the molecule is Cc1cc(F)cc(C)c1S(=O)(=O)NC1CCN(C)C1. The van der Waals surface area contributed by atoms with Crippen LogP contribution in [0.25, 0.3) is 0 Å². The number of hydrogen-bond donors (Lipinski definition) is 1. The van der Waals surface area contributed by atoms with Crippen molar-refractivity contribution in [3.63, 3.8) is 0 Å². The summed E-state index contributed by atoms with van der Waals surface area (Å²) in [5.74, 6) is -0.408. The minimum Gasteiger partial charge on any atom is -0.305 e. The van der Waals surface area contributed by atoms with Gasteiger partial charge < -0.3 is 4.90 Å². The van der Waals surface area contributed by atoms with E-state index in [0.29, 0.717) is 17.7 Å². The highest BCUT2D eigenvalue weighted by molar-refractivity contribution is 7.89. The van der Waals surface area contributed by atoms with Gasteiger partial charge in [0, 0.05) is 12.6 Å². The van der Waals surface area contributed by atoms with Gasteiger partial charge in [0.05, 0.1) is 4.90 Å². The highest BCUT2D eigenvalue weighted by Gasteiger charge is 2.27. The Morgan fingerprint density at radius 3 is 2.37 bits per heavy atom. The van der Waals surface area contributed by atoms with Gasteiger partial charge in [0.15, 0.2) is 0 Å². The Hall–Kier alpha value is -0.980. The Kier molecular flexibility index (Phi) is 3.94. The van der Waals surface area contributed by atoms with Crippen molar-refractivity contribution in [2.45, 2.75) is 31.2 Å². The molecule has 1 aliphatic heterocycles. The fourth-order valence-electron chi connectivity index (χ4n) is 2.63. The molecule has 4 nitrogen and oxygen atoms in total. The molecule has 1 aromatic carbocycles. The summed E-state index contributed by atoms with van der Waals surface area (Å²) in [4.78, 5) is 2.28. The van der Waals surface area contributed by atoms with Crippen LogP contribution in [0.15, 0.2) is 17.0 Å². The quantitative estimate of drug-likeness (QED) is 0.914. The first kappa shape index (κ1) is 14.4. The van der Waals surface area contributed by atoms with E-state index in [9.17, 15) is 12.8 Å². The first-order valence-electron chi connectivity index (χ1n) is 6.27. The van der Waals surface area contributed by atoms with Gasteiger partial charge in [0.2, 0.25) is 10.0 Å². The summed E-state index contributed by atoms with van der Waals surface area (Å²) < 4.78 is 40.7. The van der Waals surface area contributed by atoms with Crippen LogP contribution in [0.5, 0.6) is 0 Å². The van der Waals surface area contributed by atoms with Gasteiger partial charge in [0.1, 0.15) is 5.82 Å². The Morgan fingerprint density at radius 1 is 1.32 bits per heavy atom. The fourth-order valence-corrected chi connectivity index (χ4v) is 4.35. The molecule has 1 unspecified atom stereocenters. The third-order valence-electron chi connectivity index (χ3n) is 3.41. The number of aryl methyl sites for hydroxylation is 2. The van der Waals surface area contributed by atoms with Crippen molar-refractivity contribution in [2.24, 2.45) is 0 Å². The maximum absolute atomic E-state index is 13.2. The van der Waals surface area contributed by atoms with E-state index in [1.165, 1.54) is 12.1 Å². The van der Waals surface area contributed by atoms with Crippen LogP contribution in [0, 0.1) is 19.7 Å². The van der Waals surface area contributed by atoms with Crippen molar-refractivity contribution in [2.75, 3.05) is 20.1 Å². The topological polar surface area (TPSA) is 49.4 Å². The lowest BCUT2D eigenvalue weighted by Crippen LogP contribution is -2.37. The molecule has 1 aromatic rings. The number of nitrogens with one attached hydrogen (secondary N) is 1. The van der Waals surface area contributed by atoms with E-state index in [4.69, 9.17) is 0 Å². The summed E-state index contributed by atoms with van der Waals surface area (Å²) in [5.41, 5.74) is 0.882. The second-order valence-electron chi connectivity index (χ2n) is 5.24. The number of sulfonamides is 1. The van der Waals surface area contributed by atoms with Gasteiger partial charge in [-0.3, -0.25) is 0 Å². The average Bonchev–Trinajstić information content (AvgIpc) is 2.60. The molecule has 19 heavy (non-hydrogen) atoms. The second kappa shape index (κ2) is 5.19. The maximum Gasteiger partial charge on any atom is 0.241 e. The number of benzene rings is 1. The van der Waals surface area contributed by atoms with Crippen LogP contribution in [-0.4, -0.2) is 39.5 Å². The molecule has 1 heterocycles. The summed E-state index contributed by atoms with van der Waals surface area (Å²) in [6.07, 6.45) is 0.801. The highest BCUT2D eigenvalue weighted by Crippen LogP contribution is 2.22. The predicted molar refractivity (Wildman–Crippen MR) is 72.1 cm³/mol. The third kappa shape index (κ3) is 3.13. The van der Waals surface area contributed by atoms with E-state index in [1.807, 2.05) is 7.05 Å². The largest absolute Gasteiger partial charge is 0.305 e. The molecule has 0 amide bonds. The average molecular weight is 286 g/mol. The van der Waals surface area contributed by atoms with E-state index in [-0.39, 0.29) is 10.9 Å². The minimum absolute atomic E-state index is 0.0705. The van der Waals surface area contributed by atoms with Crippen molar-refractivity contribution in [3.8, 4) is 0 Å². The van der Waals surface area contributed by atoms with Gasteiger partial charge in [-0.2, -0.15) is 0 Å². The Labute approximate surface area is 113 Å². The van der Waals surface area contributed by atoms with Crippen LogP contribution < -0.4 is 4.72 Å². The standard InChI is InChI=1S/C13H19FN2O2S/c1-9-6-11(14)7-10(2)13(9)19(17,18)15-12-4-5-16(3)8-12/h6-7,12,15H,4-5,8H2,1-3H3. The fraction of sp³-hybridized carbons (Fsp3) is 0.538. The number of hydrogen-bond acceptors (Lipinski definition) is 3.